The van der Waals surface area contributed by atoms with E-state index in [4.69, 9.17) is 16.3 Å². The SMILES string of the molecule is CCC(=O)Nc1cc(S(=O)(=O)Nc2cc(C(F)(F)F)ccc2Cl)ccc1OC. The normalized spacial score (nSPS) is 11.8. The summed E-state index contributed by atoms with van der Waals surface area (Å²) in [7, 11) is -2.96. The summed E-state index contributed by atoms with van der Waals surface area (Å²) < 4.78 is 71.0. The molecule has 0 fully saturated rings. The molecule has 0 radical (unpaired) electrons. The molecule has 0 aliphatic rings. The minimum absolute atomic E-state index is 0.104. The first-order valence-electron chi connectivity index (χ1n) is 7.85. The van der Waals surface area contributed by atoms with E-state index >= 15 is 0 Å². The number of hydrogen-bond donors (Lipinski definition) is 2. The summed E-state index contributed by atoms with van der Waals surface area (Å²) in [5, 5.41) is 2.29. The van der Waals surface area contributed by atoms with Crippen molar-refractivity contribution in [3.05, 3.63) is 47.0 Å². The number of anilines is 2. The van der Waals surface area contributed by atoms with Crippen molar-refractivity contribution in [3.63, 3.8) is 0 Å². The molecule has 0 unspecified atom stereocenters. The van der Waals surface area contributed by atoms with Crippen LogP contribution in [0.25, 0.3) is 0 Å². The number of methoxy groups -OCH3 is 1. The summed E-state index contributed by atoms with van der Waals surface area (Å²) in [6.45, 7) is 1.61. The zero-order valence-corrected chi connectivity index (χ0v) is 16.3. The first-order chi connectivity index (χ1) is 13.0. The molecule has 11 heteroatoms. The van der Waals surface area contributed by atoms with Crippen LogP contribution in [0.4, 0.5) is 24.5 Å². The number of rotatable bonds is 6. The van der Waals surface area contributed by atoms with Crippen molar-refractivity contribution in [2.45, 2.75) is 24.4 Å². The van der Waals surface area contributed by atoms with Crippen molar-refractivity contribution in [1.29, 1.82) is 0 Å². The van der Waals surface area contributed by atoms with Crippen LogP contribution in [-0.4, -0.2) is 21.4 Å². The van der Waals surface area contributed by atoms with E-state index in [-0.39, 0.29) is 33.7 Å². The van der Waals surface area contributed by atoms with Gasteiger partial charge in [0.2, 0.25) is 5.91 Å². The number of carbonyl (C=O) groups excluding carboxylic acids is 1. The Kier molecular flexibility index (Phi) is 6.45. The summed E-state index contributed by atoms with van der Waals surface area (Å²) in [4.78, 5) is 11.3. The maximum atomic E-state index is 12.9. The summed E-state index contributed by atoms with van der Waals surface area (Å²) in [6, 6.07) is 5.92. The Morgan fingerprint density at radius 1 is 1.14 bits per heavy atom. The second-order valence-electron chi connectivity index (χ2n) is 5.56. The number of nitrogens with one attached hydrogen (secondary N) is 2. The van der Waals surface area contributed by atoms with E-state index in [9.17, 15) is 26.4 Å². The first kappa shape index (κ1) is 21.8. The lowest BCUT2D eigenvalue weighted by atomic mass is 10.2. The molecule has 2 rings (SSSR count). The Hall–Kier alpha value is -2.46. The highest BCUT2D eigenvalue weighted by Crippen LogP contribution is 2.35. The maximum absolute atomic E-state index is 12.9. The van der Waals surface area contributed by atoms with Gasteiger partial charge in [-0.1, -0.05) is 18.5 Å². The lowest BCUT2D eigenvalue weighted by molar-refractivity contribution is -0.137. The van der Waals surface area contributed by atoms with E-state index in [2.05, 4.69) is 5.32 Å². The summed E-state index contributed by atoms with van der Waals surface area (Å²) in [5.41, 5.74) is -1.38. The van der Waals surface area contributed by atoms with E-state index in [1.165, 1.54) is 19.2 Å². The lowest BCUT2D eigenvalue weighted by Gasteiger charge is -2.15. The van der Waals surface area contributed by atoms with Crippen LogP contribution in [0, 0.1) is 0 Å². The van der Waals surface area contributed by atoms with Gasteiger partial charge >= 0.3 is 6.18 Å². The minimum Gasteiger partial charge on any atom is -0.495 e. The van der Waals surface area contributed by atoms with Crippen LogP contribution < -0.4 is 14.8 Å². The molecule has 0 aliphatic heterocycles. The van der Waals surface area contributed by atoms with E-state index in [0.717, 1.165) is 18.2 Å². The number of carbonyl (C=O) groups is 1. The van der Waals surface area contributed by atoms with Crippen LogP contribution in [0.3, 0.4) is 0 Å². The van der Waals surface area contributed by atoms with Crippen molar-refractivity contribution in [3.8, 4) is 5.75 Å². The molecule has 2 aromatic carbocycles. The largest absolute Gasteiger partial charge is 0.495 e. The fraction of sp³-hybridized carbons (Fsp3) is 0.235. The third-order valence-corrected chi connectivity index (χ3v) is 5.31. The average Bonchev–Trinajstić information content (AvgIpc) is 2.62. The van der Waals surface area contributed by atoms with E-state index in [1.54, 1.807) is 6.92 Å². The molecule has 0 saturated heterocycles. The topological polar surface area (TPSA) is 84.5 Å². The summed E-state index contributed by atoms with van der Waals surface area (Å²) >= 11 is 5.84. The van der Waals surface area contributed by atoms with Gasteiger partial charge in [0.1, 0.15) is 5.75 Å². The highest BCUT2D eigenvalue weighted by Gasteiger charge is 2.31. The summed E-state index contributed by atoms with van der Waals surface area (Å²) in [5.74, 6) is -0.153. The number of halogens is 4. The van der Waals surface area contributed by atoms with Crippen molar-refractivity contribution in [2.75, 3.05) is 17.1 Å². The molecular formula is C17H16ClF3N2O4S. The average molecular weight is 437 g/mol. The highest BCUT2D eigenvalue weighted by molar-refractivity contribution is 7.92. The van der Waals surface area contributed by atoms with Gasteiger partial charge in [-0.2, -0.15) is 13.2 Å². The maximum Gasteiger partial charge on any atom is 0.416 e. The highest BCUT2D eigenvalue weighted by atomic mass is 35.5. The number of sulfonamides is 1. The molecule has 0 aliphatic carbocycles. The van der Waals surface area contributed by atoms with Crippen LogP contribution in [0.2, 0.25) is 5.02 Å². The molecule has 6 nitrogen and oxygen atoms in total. The van der Waals surface area contributed by atoms with Crippen molar-refractivity contribution in [2.24, 2.45) is 0 Å². The fourth-order valence-corrected chi connectivity index (χ4v) is 3.49. The molecule has 0 saturated carbocycles. The van der Waals surface area contributed by atoms with Crippen LogP contribution in [0.15, 0.2) is 41.3 Å². The van der Waals surface area contributed by atoms with Crippen LogP contribution in [-0.2, 0) is 21.0 Å². The zero-order valence-electron chi connectivity index (χ0n) is 14.7. The molecule has 0 heterocycles. The molecular weight excluding hydrogens is 421 g/mol. The number of benzene rings is 2. The van der Waals surface area contributed by atoms with Gasteiger partial charge < -0.3 is 10.1 Å². The van der Waals surface area contributed by atoms with Gasteiger partial charge in [-0.3, -0.25) is 9.52 Å². The third-order valence-electron chi connectivity index (χ3n) is 3.61. The van der Waals surface area contributed by atoms with Gasteiger partial charge in [-0.15, -0.1) is 0 Å². The second kappa shape index (κ2) is 8.27. The van der Waals surface area contributed by atoms with Gasteiger partial charge in [0.15, 0.2) is 0 Å². The predicted molar refractivity (Wildman–Crippen MR) is 99.2 cm³/mol. The van der Waals surface area contributed by atoms with Crippen molar-refractivity contribution in [1.82, 2.24) is 0 Å². The van der Waals surface area contributed by atoms with Crippen LogP contribution in [0.5, 0.6) is 5.75 Å². The minimum atomic E-state index is -4.66. The van der Waals surface area contributed by atoms with E-state index in [1.807, 2.05) is 4.72 Å². The van der Waals surface area contributed by atoms with Crippen LogP contribution >= 0.6 is 11.6 Å². The van der Waals surface area contributed by atoms with Gasteiger partial charge in [0.05, 0.1) is 34.0 Å². The number of ether oxygens (including phenoxy) is 1. The Balaban J connectivity index is 2.43. The van der Waals surface area contributed by atoms with Gasteiger partial charge in [-0.25, -0.2) is 8.42 Å². The molecule has 0 aromatic heterocycles. The van der Waals surface area contributed by atoms with Gasteiger partial charge in [-0.05, 0) is 36.4 Å². The second-order valence-corrected chi connectivity index (χ2v) is 7.65. The van der Waals surface area contributed by atoms with Crippen LogP contribution in [0.1, 0.15) is 18.9 Å². The quantitative estimate of drug-likeness (QED) is 0.697. The molecule has 152 valence electrons. The van der Waals surface area contributed by atoms with Crippen molar-refractivity contribution >= 4 is 38.9 Å². The Morgan fingerprint density at radius 2 is 1.82 bits per heavy atom. The predicted octanol–water partition coefficient (Wildman–Crippen LogP) is 4.52. The molecule has 0 atom stereocenters. The molecule has 2 aromatic rings. The molecule has 0 spiro atoms. The molecule has 1 amide bonds. The molecule has 28 heavy (non-hydrogen) atoms. The fourth-order valence-electron chi connectivity index (χ4n) is 2.17. The lowest BCUT2D eigenvalue weighted by Crippen LogP contribution is -2.16. The smallest absolute Gasteiger partial charge is 0.416 e. The first-order valence-corrected chi connectivity index (χ1v) is 9.71. The monoisotopic (exact) mass is 436 g/mol. The summed E-state index contributed by atoms with van der Waals surface area (Å²) in [6.07, 6.45) is -4.51. The zero-order chi connectivity index (χ0) is 21.1. The molecule has 0 bridgehead atoms. The number of amides is 1. The van der Waals surface area contributed by atoms with E-state index < -0.39 is 27.5 Å². The Morgan fingerprint density at radius 3 is 2.39 bits per heavy atom. The molecule has 2 N–H and O–H groups in total. The van der Waals surface area contributed by atoms with Gasteiger partial charge in [0.25, 0.3) is 10.0 Å². The van der Waals surface area contributed by atoms with Crippen molar-refractivity contribution < 1.29 is 31.1 Å². The van der Waals surface area contributed by atoms with E-state index in [0.29, 0.717) is 6.07 Å². The number of hydrogen-bond acceptors (Lipinski definition) is 4. The standard InChI is InChI=1S/C17H16ClF3N2O4S/c1-3-16(24)22-14-9-11(5-7-15(14)27-2)28(25,26)23-13-8-10(17(19,20)21)4-6-12(13)18/h4-9,23H,3H2,1-2H3,(H,22,24). The third kappa shape index (κ3) is 5.08. The number of alkyl halides is 3. The Labute approximate surface area is 164 Å². The Bertz CT molecular complexity index is 994. The van der Waals surface area contributed by atoms with Gasteiger partial charge in [0, 0.05) is 6.42 Å².